The van der Waals surface area contributed by atoms with E-state index in [1.165, 1.54) is 12.1 Å². The molecule has 0 spiro atoms. The number of nitriles is 1. The number of hydrogen-bond acceptors (Lipinski definition) is 4. The zero-order valence-corrected chi connectivity index (χ0v) is 16.0. The minimum atomic E-state index is -0.457. The molecule has 1 aliphatic rings. The first kappa shape index (κ1) is 19.6. The number of thioether (sulfide) groups is 1. The van der Waals surface area contributed by atoms with Crippen molar-refractivity contribution in [3.8, 4) is 6.07 Å². The smallest absolute Gasteiger partial charge is 0.234 e. The zero-order chi connectivity index (χ0) is 20.1. The molecule has 0 bridgehead atoms. The number of benzene rings is 2. The second kappa shape index (κ2) is 8.72. The van der Waals surface area contributed by atoms with E-state index in [4.69, 9.17) is 0 Å². The van der Waals surface area contributed by atoms with Gasteiger partial charge in [-0.05, 0) is 42.3 Å². The van der Waals surface area contributed by atoms with Crippen molar-refractivity contribution >= 4 is 29.3 Å². The van der Waals surface area contributed by atoms with Crippen LogP contribution in [0.1, 0.15) is 23.5 Å². The van der Waals surface area contributed by atoms with Crippen molar-refractivity contribution in [2.75, 3.05) is 11.1 Å². The predicted octanol–water partition coefficient (Wildman–Crippen LogP) is 3.84. The third-order valence-electron chi connectivity index (χ3n) is 4.28. The van der Waals surface area contributed by atoms with Gasteiger partial charge in [-0.15, -0.1) is 0 Å². The van der Waals surface area contributed by atoms with Crippen LogP contribution in [0.4, 0.5) is 10.1 Å². The summed E-state index contributed by atoms with van der Waals surface area (Å²) in [7, 11) is 0. The molecule has 0 aromatic heterocycles. The summed E-state index contributed by atoms with van der Waals surface area (Å²) < 4.78 is 13.2. The molecule has 0 saturated heterocycles. The van der Waals surface area contributed by atoms with E-state index in [0.717, 1.165) is 17.3 Å². The number of rotatable bonds is 5. The molecule has 2 aromatic rings. The lowest BCUT2D eigenvalue weighted by Crippen LogP contribution is -2.31. The van der Waals surface area contributed by atoms with E-state index in [2.05, 4.69) is 16.7 Å². The topological polar surface area (TPSA) is 82.0 Å². The molecule has 0 fully saturated rings. The molecule has 1 atom stereocenters. The third kappa shape index (κ3) is 4.78. The van der Waals surface area contributed by atoms with Crippen LogP contribution in [-0.2, 0) is 9.59 Å². The van der Waals surface area contributed by atoms with Gasteiger partial charge in [0.05, 0.1) is 22.4 Å². The number of carbonyl (C=O) groups is 2. The first-order chi connectivity index (χ1) is 13.5. The Morgan fingerprint density at radius 1 is 1.32 bits per heavy atom. The summed E-state index contributed by atoms with van der Waals surface area (Å²) in [6.07, 6.45) is 0.105. The molecule has 2 amide bonds. The highest BCUT2D eigenvalue weighted by Crippen LogP contribution is 2.35. The number of allylic oxidation sites excluding steroid dienone is 1. The van der Waals surface area contributed by atoms with Crippen LogP contribution in [-0.4, -0.2) is 17.6 Å². The monoisotopic (exact) mass is 395 g/mol. The van der Waals surface area contributed by atoms with Gasteiger partial charge in [0.15, 0.2) is 0 Å². The van der Waals surface area contributed by atoms with Crippen LogP contribution in [0.15, 0.2) is 59.1 Å². The lowest BCUT2D eigenvalue weighted by Gasteiger charge is -2.25. The zero-order valence-electron chi connectivity index (χ0n) is 15.2. The molecule has 0 aliphatic carbocycles. The lowest BCUT2D eigenvalue weighted by molar-refractivity contribution is -0.121. The molecule has 2 N–H and O–H groups in total. The molecule has 3 rings (SSSR count). The highest BCUT2D eigenvalue weighted by molar-refractivity contribution is 8.03. The van der Waals surface area contributed by atoms with Crippen LogP contribution in [0, 0.1) is 24.1 Å². The average Bonchev–Trinajstić information content (AvgIpc) is 2.66. The Morgan fingerprint density at radius 3 is 2.75 bits per heavy atom. The van der Waals surface area contributed by atoms with Crippen LogP contribution < -0.4 is 10.6 Å². The number of aryl methyl sites for hydroxylation is 1. The summed E-state index contributed by atoms with van der Waals surface area (Å²) in [6.45, 7) is 1.93. The highest BCUT2D eigenvalue weighted by Gasteiger charge is 2.29. The van der Waals surface area contributed by atoms with Crippen LogP contribution in [0.3, 0.4) is 0 Å². The first-order valence-electron chi connectivity index (χ1n) is 8.65. The Bertz CT molecular complexity index is 980. The van der Waals surface area contributed by atoms with Crippen molar-refractivity contribution < 1.29 is 14.0 Å². The number of anilines is 1. The molecule has 1 unspecified atom stereocenters. The minimum absolute atomic E-state index is 0.0465. The van der Waals surface area contributed by atoms with E-state index >= 15 is 0 Å². The number of halogens is 1. The average molecular weight is 395 g/mol. The van der Waals surface area contributed by atoms with Gasteiger partial charge in [-0.3, -0.25) is 9.59 Å². The molecule has 2 aromatic carbocycles. The van der Waals surface area contributed by atoms with Gasteiger partial charge in [0.1, 0.15) is 5.82 Å². The van der Waals surface area contributed by atoms with Gasteiger partial charge in [-0.25, -0.2) is 4.39 Å². The Morgan fingerprint density at radius 2 is 2.07 bits per heavy atom. The molecule has 0 radical (unpaired) electrons. The second-order valence-corrected chi connectivity index (χ2v) is 7.40. The SMILES string of the molecule is Cc1cccc(NC(=O)CSC2=C(C#N)C(c3ccc(F)cc3)CC(=O)N2)c1. The van der Waals surface area contributed by atoms with Crippen LogP contribution in [0.5, 0.6) is 0 Å². The fourth-order valence-electron chi connectivity index (χ4n) is 2.97. The van der Waals surface area contributed by atoms with Crippen LogP contribution >= 0.6 is 11.8 Å². The summed E-state index contributed by atoms with van der Waals surface area (Å²) in [5.41, 5.74) is 2.79. The normalized spacial score (nSPS) is 16.3. The van der Waals surface area contributed by atoms with E-state index in [0.29, 0.717) is 21.9 Å². The number of nitrogens with zero attached hydrogens (tertiary/aromatic N) is 1. The number of carbonyl (C=O) groups excluding carboxylic acids is 2. The summed E-state index contributed by atoms with van der Waals surface area (Å²) in [6, 6.07) is 15.3. The van der Waals surface area contributed by atoms with Crippen molar-refractivity contribution in [2.24, 2.45) is 0 Å². The van der Waals surface area contributed by atoms with Crippen molar-refractivity contribution in [1.82, 2.24) is 5.32 Å². The quantitative estimate of drug-likeness (QED) is 0.806. The Labute approximate surface area is 166 Å². The van der Waals surface area contributed by atoms with Gasteiger partial charge < -0.3 is 10.6 Å². The number of amides is 2. The lowest BCUT2D eigenvalue weighted by atomic mass is 9.87. The Balaban J connectivity index is 1.74. The molecule has 28 heavy (non-hydrogen) atoms. The van der Waals surface area contributed by atoms with Crippen molar-refractivity contribution in [3.05, 3.63) is 76.1 Å². The van der Waals surface area contributed by atoms with Crippen molar-refractivity contribution in [1.29, 1.82) is 5.26 Å². The Hall–Kier alpha value is -3.11. The summed E-state index contributed by atoms with van der Waals surface area (Å²) >= 11 is 1.11. The fraction of sp³-hybridized carbons (Fsp3) is 0.190. The molecule has 1 heterocycles. The van der Waals surface area contributed by atoms with Gasteiger partial charge >= 0.3 is 0 Å². The van der Waals surface area contributed by atoms with Crippen LogP contribution in [0.25, 0.3) is 0 Å². The number of nitrogens with one attached hydrogen (secondary N) is 2. The van der Waals surface area contributed by atoms with Gasteiger partial charge in [0.2, 0.25) is 11.8 Å². The molecular formula is C21H18FN3O2S. The van der Waals surface area contributed by atoms with E-state index < -0.39 is 5.92 Å². The number of hydrogen-bond donors (Lipinski definition) is 2. The van der Waals surface area contributed by atoms with Crippen molar-refractivity contribution in [2.45, 2.75) is 19.3 Å². The maximum atomic E-state index is 13.2. The first-order valence-corrected chi connectivity index (χ1v) is 9.63. The minimum Gasteiger partial charge on any atom is -0.325 e. The molecule has 7 heteroatoms. The summed E-state index contributed by atoms with van der Waals surface area (Å²) in [5, 5.41) is 15.5. The Kier molecular flexibility index (Phi) is 6.12. The fourth-order valence-corrected chi connectivity index (χ4v) is 3.85. The standard InChI is InChI=1S/C21H18FN3O2S/c1-13-3-2-4-16(9-13)24-20(27)12-28-21-18(11-23)17(10-19(26)25-21)14-5-7-15(22)8-6-14/h2-9,17H,10,12H2,1H3,(H,24,27)(H,25,26). The van der Waals surface area contributed by atoms with Crippen molar-refractivity contribution in [3.63, 3.8) is 0 Å². The summed E-state index contributed by atoms with van der Waals surface area (Å²) in [5.74, 6) is -1.27. The van der Waals surface area contributed by atoms with Gasteiger partial charge in [-0.1, -0.05) is 36.0 Å². The molecule has 142 valence electrons. The third-order valence-corrected chi connectivity index (χ3v) is 5.29. The van der Waals surface area contributed by atoms with E-state index in [9.17, 15) is 19.2 Å². The molecule has 5 nitrogen and oxygen atoms in total. The molecule has 1 aliphatic heterocycles. The maximum absolute atomic E-state index is 13.2. The largest absolute Gasteiger partial charge is 0.325 e. The molecule has 0 saturated carbocycles. The second-order valence-electron chi connectivity index (χ2n) is 6.42. The van der Waals surface area contributed by atoms with Crippen LogP contribution in [0.2, 0.25) is 0 Å². The van der Waals surface area contributed by atoms with Gasteiger partial charge in [-0.2, -0.15) is 5.26 Å². The molecular weight excluding hydrogens is 377 g/mol. The van der Waals surface area contributed by atoms with Gasteiger partial charge in [0, 0.05) is 18.0 Å². The van der Waals surface area contributed by atoms with E-state index in [-0.39, 0.29) is 29.8 Å². The van der Waals surface area contributed by atoms with E-state index in [1.54, 1.807) is 18.2 Å². The van der Waals surface area contributed by atoms with E-state index in [1.807, 2.05) is 25.1 Å². The van der Waals surface area contributed by atoms with Gasteiger partial charge in [0.25, 0.3) is 0 Å². The highest BCUT2D eigenvalue weighted by atomic mass is 32.2. The summed E-state index contributed by atoms with van der Waals surface area (Å²) in [4.78, 5) is 24.4. The predicted molar refractivity (Wildman–Crippen MR) is 107 cm³/mol. The maximum Gasteiger partial charge on any atom is 0.234 e.